The molecule has 2 rings (SSSR count). The molecule has 3 nitrogen and oxygen atoms in total. The number of nitrogens with two attached hydrogens (primary N) is 1. The van der Waals surface area contributed by atoms with Crippen LogP contribution in [0.2, 0.25) is 10.0 Å². The van der Waals surface area contributed by atoms with Gasteiger partial charge in [0.1, 0.15) is 12.4 Å². The second-order valence-electron chi connectivity index (χ2n) is 3.73. The first-order valence-electron chi connectivity index (χ1n) is 5.41. The Balaban J connectivity index is 1.99. The molecule has 94 valence electrons. The first kappa shape index (κ1) is 13.1. The highest BCUT2D eigenvalue weighted by Gasteiger charge is 2.01. The average molecular weight is 283 g/mol. The van der Waals surface area contributed by atoms with Crippen LogP contribution in [0.5, 0.6) is 5.75 Å². The molecule has 1 heterocycles. The summed E-state index contributed by atoms with van der Waals surface area (Å²) in [7, 11) is 0. The lowest BCUT2D eigenvalue weighted by atomic mass is 10.2. The highest BCUT2D eigenvalue weighted by atomic mass is 35.5. The first-order valence-corrected chi connectivity index (χ1v) is 6.16. The van der Waals surface area contributed by atoms with E-state index >= 15 is 0 Å². The fourth-order valence-electron chi connectivity index (χ4n) is 1.41. The van der Waals surface area contributed by atoms with E-state index in [9.17, 15) is 0 Å². The van der Waals surface area contributed by atoms with E-state index < -0.39 is 0 Å². The third kappa shape index (κ3) is 3.35. The van der Waals surface area contributed by atoms with Crippen molar-refractivity contribution < 1.29 is 4.74 Å². The number of pyridine rings is 1. The summed E-state index contributed by atoms with van der Waals surface area (Å²) in [5.74, 6) is 0.693. The summed E-state index contributed by atoms with van der Waals surface area (Å²) in [6.45, 7) is 0.841. The van der Waals surface area contributed by atoms with Crippen LogP contribution in [-0.4, -0.2) is 4.98 Å². The van der Waals surface area contributed by atoms with E-state index in [-0.39, 0.29) is 0 Å². The van der Waals surface area contributed by atoms with Gasteiger partial charge < -0.3 is 10.5 Å². The Hall–Kier alpha value is -1.29. The second kappa shape index (κ2) is 6.05. The van der Waals surface area contributed by atoms with Gasteiger partial charge in [0, 0.05) is 6.54 Å². The highest BCUT2D eigenvalue weighted by molar-refractivity contribution is 6.42. The third-order valence-corrected chi connectivity index (χ3v) is 3.14. The molecular formula is C13H12Cl2N2O. The number of hydrogen-bond donors (Lipinski definition) is 1. The molecule has 0 radical (unpaired) electrons. The van der Waals surface area contributed by atoms with Gasteiger partial charge in [-0.2, -0.15) is 0 Å². The number of aromatic nitrogens is 1. The van der Waals surface area contributed by atoms with Crippen molar-refractivity contribution in [1.29, 1.82) is 0 Å². The first-order chi connectivity index (χ1) is 8.69. The van der Waals surface area contributed by atoms with E-state index in [1.54, 1.807) is 18.3 Å². The summed E-state index contributed by atoms with van der Waals surface area (Å²) < 4.78 is 5.58. The van der Waals surface area contributed by atoms with Gasteiger partial charge in [0.05, 0.1) is 21.9 Å². The van der Waals surface area contributed by atoms with Gasteiger partial charge in [-0.25, -0.2) is 0 Å². The minimum Gasteiger partial charge on any atom is -0.487 e. The van der Waals surface area contributed by atoms with Gasteiger partial charge in [0.2, 0.25) is 0 Å². The van der Waals surface area contributed by atoms with Crippen molar-refractivity contribution in [3.05, 3.63) is 57.8 Å². The van der Waals surface area contributed by atoms with Crippen molar-refractivity contribution in [2.45, 2.75) is 13.2 Å². The molecule has 0 unspecified atom stereocenters. The predicted octanol–water partition coefficient (Wildman–Crippen LogP) is 3.43. The van der Waals surface area contributed by atoms with Crippen molar-refractivity contribution in [2.24, 2.45) is 5.73 Å². The summed E-state index contributed by atoms with van der Waals surface area (Å²) in [4.78, 5) is 4.14. The zero-order valence-corrected chi connectivity index (χ0v) is 11.1. The van der Waals surface area contributed by atoms with Crippen LogP contribution in [-0.2, 0) is 13.2 Å². The molecule has 0 fully saturated rings. The lowest BCUT2D eigenvalue weighted by Gasteiger charge is -2.07. The minimum absolute atomic E-state index is 0.417. The Morgan fingerprint density at radius 3 is 2.56 bits per heavy atom. The van der Waals surface area contributed by atoms with Crippen LogP contribution in [0.4, 0.5) is 0 Å². The molecule has 0 aliphatic carbocycles. The Morgan fingerprint density at radius 1 is 1.11 bits per heavy atom. The van der Waals surface area contributed by atoms with Gasteiger partial charge in [0.15, 0.2) is 0 Å². The quantitative estimate of drug-likeness (QED) is 0.935. The number of hydrogen-bond acceptors (Lipinski definition) is 3. The fourth-order valence-corrected chi connectivity index (χ4v) is 1.73. The lowest BCUT2D eigenvalue weighted by Crippen LogP contribution is -2.00. The third-order valence-electron chi connectivity index (χ3n) is 2.40. The van der Waals surface area contributed by atoms with Crippen LogP contribution in [0, 0.1) is 0 Å². The Kier molecular flexibility index (Phi) is 4.42. The van der Waals surface area contributed by atoms with Gasteiger partial charge >= 0.3 is 0 Å². The van der Waals surface area contributed by atoms with E-state index in [4.69, 9.17) is 33.7 Å². The van der Waals surface area contributed by atoms with Crippen LogP contribution >= 0.6 is 23.2 Å². The maximum Gasteiger partial charge on any atom is 0.138 e. The van der Waals surface area contributed by atoms with Crippen molar-refractivity contribution in [3.63, 3.8) is 0 Å². The summed E-state index contributed by atoms with van der Waals surface area (Å²) >= 11 is 11.8. The largest absolute Gasteiger partial charge is 0.487 e. The molecule has 0 saturated heterocycles. The Bertz CT molecular complexity index is 529. The van der Waals surface area contributed by atoms with Crippen LogP contribution in [0.3, 0.4) is 0 Å². The van der Waals surface area contributed by atoms with Crippen LogP contribution in [0.1, 0.15) is 11.3 Å². The topological polar surface area (TPSA) is 48.1 Å². The summed E-state index contributed by atoms with van der Waals surface area (Å²) in [5.41, 5.74) is 7.25. The van der Waals surface area contributed by atoms with Crippen LogP contribution < -0.4 is 10.5 Å². The molecule has 1 aromatic carbocycles. The molecule has 2 N–H and O–H groups in total. The van der Waals surface area contributed by atoms with E-state index in [0.29, 0.717) is 28.9 Å². The highest BCUT2D eigenvalue weighted by Crippen LogP contribution is 2.23. The van der Waals surface area contributed by atoms with Gasteiger partial charge in [-0.15, -0.1) is 0 Å². The molecule has 0 spiro atoms. The smallest absolute Gasteiger partial charge is 0.138 e. The number of benzene rings is 1. The molecule has 0 aliphatic rings. The number of rotatable bonds is 4. The van der Waals surface area contributed by atoms with Gasteiger partial charge in [0.25, 0.3) is 0 Å². The van der Waals surface area contributed by atoms with Gasteiger partial charge in [-0.05, 0) is 29.8 Å². The maximum absolute atomic E-state index is 5.92. The fraction of sp³-hybridized carbons (Fsp3) is 0.154. The van der Waals surface area contributed by atoms with E-state index in [2.05, 4.69) is 4.98 Å². The summed E-state index contributed by atoms with van der Waals surface area (Å²) in [6.07, 6.45) is 1.65. The minimum atomic E-state index is 0.417. The van der Waals surface area contributed by atoms with E-state index in [0.717, 1.165) is 11.3 Å². The SMILES string of the molecule is NCc1ccc(OCc2ccc(Cl)c(Cl)c2)cn1. The zero-order chi connectivity index (χ0) is 13.0. The summed E-state index contributed by atoms with van der Waals surface area (Å²) in [5, 5.41) is 1.06. The molecule has 5 heteroatoms. The van der Waals surface area contributed by atoms with E-state index in [1.807, 2.05) is 18.2 Å². The van der Waals surface area contributed by atoms with Crippen LogP contribution in [0.15, 0.2) is 36.5 Å². The number of nitrogens with zero attached hydrogens (tertiary/aromatic N) is 1. The second-order valence-corrected chi connectivity index (χ2v) is 4.54. The molecule has 18 heavy (non-hydrogen) atoms. The Morgan fingerprint density at radius 2 is 1.94 bits per heavy atom. The van der Waals surface area contributed by atoms with Crippen molar-refractivity contribution in [1.82, 2.24) is 4.98 Å². The zero-order valence-electron chi connectivity index (χ0n) is 9.57. The molecule has 0 amide bonds. The lowest BCUT2D eigenvalue weighted by molar-refractivity contribution is 0.305. The molecule has 2 aromatic rings. The van der Waals surface area contributed by atoms with Crippen molar-refractivity contribution in [3.8, 4) is 5.75 Å². The van der Waals surface area contributed by atoms with Crippen molar-refractivity contribution in [2.75, 3.05) is 0 Å². The number of ether oxygens (including phenoxy) is 1. The molecular weight excluding hydrogens is 271 g/mol. The molecule has 1 aromatic heterocycles. The molecule has 0 saturated carbocycles. The molecule has 0 atom stereocenters. The monoisotopic (exact) mass is 282 g/mol. The summed E-state index contributed by atoms with van der Waals surface area (Å²) in [6, 6.07) is 9.08. The van der Waals surface area contributed by atoms with Gasteiger partial charge in [-0.1, -0.05) is 29.3 Å². The molecule has 0 aliphatic heterocycles. The predicted molar refractivity (Wildman–Crippen MR) is 72.9 cm³/mol. The normalized spacial score (nSPS) is 10.4. The van der Waals surface area contributed by atoms with E-state index in [1.165, 1.54) is 0 Å². The number of halogens is 2. The van der Waals surface area contributed by atoms with Crippen molar-refractivity contribution >= 4 is 23.2 Å². The standard InChI is InChI=1S/C13H12Cl2N2O/c14-12-4-1-9(5-13(12)15)8-18-11-3-2-10(6-16)17-7-11/h1-5,7H,6,8,16H2. The van der Waals surface area contributed by atoms with Crippen LogP contribution in [0.25, 0.3) is 0 Å². The average Bonchev–Trinajstić information content (AvgIpc) is 2.41. The maximum atomic E-state index is 5.92. The molecule has 0 bridgehead atoms. The van der Waals surface area contributed by atoms with Gasteiger partial charge in [-0.3, -0.25) is 4.98 Å². The Labute approximate surface area is 115 Å².